The number of nitrogens with one attached hydrogen (secondary N) is 2. The number of hydrogen-bond acceptors (Lipinski definition) is 2. The van der Waals surface area contributed by atoms with Gasteiger partial charge in [-0.25, -0.2) is 9.37 Å². The molecule has 0 aliphatic rings. The molecule has 96 valence electrons. The van der Waals surface area contributed by atoms with E-state index in [-0.39, 0.29) is 11.9 Å². The molecule has 1 atom stereocenters. The van der Waals surface area contributed by atoms with Gasteiger partial charge in [-0.1, -0.05) is 18.2 Å². The first-order valence-electron chi connectivity index (χ1n) is 6.21. The highest BCUT2D eigenvalue weighted by atomic mass is 19.1. The lowest BCUT2D eigenvalue weighted by Crippen LogP contribution is -2.30. The standard InChI is InChI=1S/C14H18FN3/c1-11(10-12-4-2-3-5-13(12)15)16-7-6-14-17-8-9-18-14/h2-5,8-9,11,16H,6-7,10H2,1H3,(H,17,18). The van der Waals surface area contributed by atoms with Gasteiger partial charge in [0.15, 0.2) is 0 Å². The molecule has 2 rings (SSSR count). The summed E-state index contributed by atoms with van der Waals surface area (Å²) in [7, 11) is 0. The summed E-state index contributed by atoms with van der Waals surface area (Å²) < 4.78 is 13.5. The minimum absolute atomic E-state index is 0.128. The summed E-state index contributed by atoms with van der Waals surface area (Å²) >= 11 is 0. The molecule has 0 radical (unpaired) electrons. The van der Waals surface area contributed by atoms with Crippen LogP contribution in [0.5, 0.6) is 0 Å². The molecule has 0 amide bonds. The third kappa shape index (κ3) is 3.67. The van der Waals surface area contributed by atoms with E-state index in [1.807, 2.05) is 18.3 Å². The summed E-state index contributed by atoms with van der Waals surface area (Å²) in [5.41, 5.74) is 0.760. The zero-order valence-corrected chi connectivity index (χ0v) is 10.5. The number of nitrogens with zero attached hydrogens (tertiary/aromatic N) is 1. The maximum absolute atomic E-state index is 13.5. The lowest BCUT2D eigenvalue weighted by atomic mass is 10.1. The predicted octanol–water partition coefficient (Wildman–Crippen LogP) is 2.31. The van der Waals surface area contributed by atoms with Crippen LogP contribution < -0.4 is 5.32 Å². The molecule has 1 aromatic carbocycles. The molecule has 0 spiro atoms. The van der Waals surface area contributed by atoms with E-state index in [0.717, 1.165) is 24.4 Å². The average Bonchev–Trinajstić information content (AvgIpc) is 2.85. The van der Waals surface area contributed by atoms with Gasteiger partial charge >= 0.3 is 0 Å². The molecule has 0 aliphatic carbocycles. The topological polar surface area (TPSA) is 40.7 Å². The zero-order valence-electron chi connectivity index (χ0n) is 10.5. The van der Waals surface area contributed by atoms with Gasteiger partial charge in [0.25, 0.3) is 0 Å². The minimum atomic E-state index is -0.128. The normalized spacial score (nSPS) is 12.6. The first kappa shape index (κ1) is 12.8. The first-order chi connectivity index (χ1) is 8.75. The Morgan fingerprint density at radius 1 is 1.39 bits per heavy atom. The lowest BCUT2D eigenvalue weighted by molar-refractivity contribution is 0.526. The van der Waals surface area contributed by atoms with E-state index in [9.17, 15) is 4.39 Å². The van der Waals surface area contributed by atoms with E-state index in [1.54, 1.807) is 12.3 Å². The van der Waals surface area contributed by atoms with Crippen molar-refractivity contribution >= 4 is 0 Å². The van der Waals surface area contributed by atoms with Crippen LogP contribution in [0.1, 0.15) is 18.3 Å². The molecule has 2 aromatic rings. The van der Waals surface area contributed by atoms with Crippen LogP contribution in [0.4, 0.5) is 4.39 Å². The van der Waals surface area contributed by atoms with Gasteiger partial charge in [-0.15, -0.1) is 0 Å². The molecule has 0 fully saturated rings. The molecule has 2 N–H and O–H groups in total. The first-order valence-corrected chi connectivity index (χ1v) is 6.21. The maximum atomic E-state index is 13.5. The summed E-state index contributed by atoms with van der Waals surface area (Å²) in [6.45, 7) is 2.90. The number of aromatic amines is 1. The molecular weight excluding hydrogens is 229 g/mol. The fourth-order valence-corrected chi connectivity index (χ4v) is 1.94. The van der Waals surface area contributed by atoms with E-state index < -0.39 is 0 Å². The van der Waals surface area contributed by atoms with Crippen molar-refractivity contribution in [1.29, 1.82) is 0 Å². The van der Waals surface area contributed by atoms with Crippen molar-refractivity contribution in [2.45, 2.75) is 25.8 Å². The van der Waals surface area contributed by atoms with Crippen LogP contribution in [0, 0.1) is 5.82 Å². The SMILES string of the molecule is CC(Cc1ccccc1F)NCCc1ncc[nH]1. The summed E-state index contributed by atoms with van der Waals surface area (Å²) in [6, 6.07) is 7.17. The van der Waals surface area contributed by atoms with Crippen LogP contribution in [0.15, 0.2) is 36.7 Å². The largest absolute Gasteiger partial charge is 0.349 e. The van der Waals surface area contributed by atoms with E-state index in [4.69, 9.17) is 0 Å². The van der Waals surface area contributed by atoms with Crippen molar-refractivity contribution in [2.24, 2.45) is 0 Å². The monoisotopic (exact) mass is 247 g/mol. The number of aromatic nitrogens is 2. The van der Waals surface area contributed by atoms with Crippen LogP contribution in [0.2, 0.25) is 0 Å². The van der Waals surface area contributed by atoms with E-state index in [1.165, 1.54) is 6.07 Å². The third-order valence-electron chi connectivity index (χ3n) is 2.89. The molecule has 1 unspecified atom stereocenters. The Morgan fingerprint density at radius 2 is 2.22 bits per heavy atom. The zero-order chi connectivity index (χ0) is 12.8. The molecule has 0 saturated carbocycles. The maximum Gasteiger partial charge on any atom is 0.126 e. The number of rotatable bonds is 6. The highest BCUT2D eigenvalue weighted by Crippen LogP contribution is 2.08. The van der Waals surface area contributed by atoms with Crippen molar-refractivity contribution in [3.05, 3.63) is 53.9 Å². The average molecular weight is 247 g/mol. The number of halogens is 1. The Balaban J connectivity index is 1.75. The Morgan fingerprint density at radius 3 is 2.94 bits per heavy atom. The fourth-order valence-electron chi connectivity index (χ4n) is 1.94. The second-order valence-electron chi connectivity index (χ2n) is 4.44. The van der Waals surface area contributed by atoms with E-state index in [0.29, 0.717) is 6.42 Å². The Bertz CT molecular complexity index is 468. The Labute approximate surface area is 106 Å². The highest BCUT2D eigenvalue weighted by molar-refractivity contribution is 5.18. The molecule has 1 aromatic heterocycles. The van der Waals surface area contributed by atoms with Crippen molar-refractivity contribution in [2.75, 3.05) is 6.54 Å². The molecule has 4 heteroatoms. The van der Waals surface area contributed by atoms with Crippen molar-refractivity contribution in [3.63, 3.8) is 0 Å². The summed E-state index contributed by atoms with van der Waals surface area (Å²) in [6.07, 6.45) is 5.12. The van der Waals surface area contributed by atoms with Crippen LogP contribution in [0.25, 0.3) is 0 Å². The molecule has 0 bridgehead atoms. The van der Waals surface area contributed by atoms with E-state index >= 15 is 0 Å². The Hall–Kier alpha value is -1.68. The quantitative estimate of drug-likeness (QED) is 0.822. The van der Waals surface area contributed by atoms with Gasteiger partial charge in [-0.05, 0) is 25.0 Å². The van der Waals surface area contributed by atoms with Gasteiger partial charge in [0, 0.05) is 31.4 Å². The van der Waals surface area contributed by atoms with Crippen LogP contribution in [-0.4, -0.2) is 22.6 Å². The van der Waals surface area contributed by atoms with Crippen LogP contribution in [0.3, 0.4) is 0 Å². The van der Waals surface area contributed by atoms with Gasteiger partial charge < -0.3 is 10.3 Å². The smallest absolute Gasteiger partial charge is 0.126 e. The van der Waals surface area contributed by atoms with Crippen molar-refractivity contribution < 1.29 is 4.39 Å². The van der Waals surface area contributed by atoms with Crippen LogP contribution >= 0.6 is 0 Å². The second-order valence-corrected chi connectivity index (χ2v) is 4.44. The molecule has 0 aliphatic heterocycles. The fraction of sp³-hybridized carbons (Fsp3) is 0.357. The number of hydrogen-bond donors (Lipinski definition) is 2. The Kier molecular flexibility index (Phi) is 4.47. The molecule has 18 heavy (non-hydrogen) atoms. The van der Waals surface area contributed by atoms with Crippen LogP contribution in [-0.2, 0) is 12.8 Å². The summed E-state index contributed by atoms with van der Waals surface area (Å²) in [5.74, 6) is 0.845. The van der Waals surface area contributed by atoms with Gasteiger partial charge in [-0.3, -0.25) is 0 Å². The third-order valence-corrected chi connectivity index (χ3v) is 2.89. The van der Waals surface area contributed by atoms with Crippen molar-refractivity contribution in [1.82, 2.24) is 15.3 Å². The van der Waals surface area contributed by atoms with Gasteiger partial charge in [0.2, 0.25) is 0 Å². The minimum Gasteiger partial charge on any atom is -0.349 e. The lowest BCUT2D eigenvalue weighted by Gasteiger charge is -2.13. The predicted molar refractivity (Wildman–Crippen MR) is 69.9 cm³/mol. The molecule has 1 heterocycles. The van der Waals surface area contributed by atoms with Gasteiger partial charge in [0.1, 0.15) is 11.6 Å². The molecule has 3 nitrogen and oxygen atoms in total. The molecular formula is C14H18FN3. The number of H-pyrrole nitrogens is 1. The summed E-state index contributed by atoms with van der Waals surface area (Å²) in [4.78, 5) is 7.21. The number of imidazole rings is 1. The highest BCUT2D eigenvalue weighted by Gasteiger charge is 2.06. The van der Waals surface area contributed by atoms with E-state index in [2.05, 4.69) is 22.2 Å². The molecule has 0 saturated heterocycles. The van der Waals surface area contributed by atoms with Crippen molar-refractivity contribution in [3.8, 4) is 0 Å². The second kappa shape index (κ2) is 6.31. The summed E-state index contributed by atoms with van der Waals surface area (Å²) in [5, 5.41) is 3.37. The number of benzene rings is 1. The van der Waals surface area contributed by atoms with Gasteiger partial charge in [-0.2, -0.15) is 0 Å². The van der Waals surface area contributed by atoms with Gasteiger partial charge in [0.05, 0.1) is 0 Å².